The molecular weight excluding hydrogens is 264 g/mol. The summed E-state index contributed by atoms with van der Waals surface area (Å²) in [6.45, 7) is 9.08. The van der Waals surface area contributed by atoms with Crippen LogP contribution in [-0.4, -0.2) is 30.8 Å². The Balaban J connectivity index is 2.15. The third-order valence-corrected chi connectivity index (χ3v) is 4.04. The van der Waals surface area contributed by atoms with Crippen LogP contribution < -0.4 is 10.1 Å². The van der Waals surface area contributed by atoms with Crippen LogP contribution in [0, 0.1) is 5.92 Å². The maximum Gasteiger partial charge on any atom is 0.137 e. The number of hydrogen-bond donors (Lipinski definition) is 1. The smallest absolute Gasteiger partial charge is 0.137 e. The highest BCUT2D eigenvalue weighted by Crippen LogP contribution is 2.34. The fourth-order valence-corrected chi connectivity index (χ4v) is 2.91. The highest BCUT2D eigenvalue weighted by molar-refractivity contribution is 5.27. The summed E-state index contributed by atoms with van der Waals surface area (Å²) in [6.07, 6.45) is 7.27. The summed E-state index contributed by atoms with van der Waals surface area (Å²) in [5.74, 6) is 1.36. The van der Waals surface area contributed by atoms with Gasteiger partial charge in [0, 0.05) is 24.8 Å². The number of aromatic nitrogens is 1. The zero-order valence-electron chi connectivity index (χ0n) is 13.5. The van der Waals surface area contributed by atoms with E-state index in [9.17, 15) is 0 Å². The molecule has 4 nitrogen and oxygen atoms in total. The minimum atomic E-state index is 0.291. The molecule has 2 heterocycles. The van der Waals surface area contributed by atoms with Crippen LogP contribution in [0.3, 0.4) is 0 Å². The fraction of sp³-hybridized carbons (Fsp3) is 0.706. The van der Waals surface area contributed by atoms with Crippen molar-refractivity contribution in [2.24, 2.45) is 5.92 Å². The number of pyridine rings is 1. The van der Waals surface area contributed by atoms with Crippen molar-refractivity contribution in [1.82, 2.24) is 10.3 Å². The Hall–Kier alpha value is -1.13. The van der Waals surface area contributed by atoms with Crippen molar-refractivity contribution < 1.29 is 9.47 Å². The van der Waals surface area contributed by atoms with Crippen molar-refractivity contribution in [1.29, 1.82) is 0 Å². The number of rotatable bonds is 8. The second kappa shape index (κ2) is 8.35. The van der Waals surface area contributed by atoms with Crippen LogP contribution in [0.1, 0.15) is 51.6 Å². The molecule has 21 heavy (non-hydrogen) atoms. The van der Waals surface area contributed by atoms with E-state index in [0.29, 0.717) is 18.1 Å². The van der Waals surface area contributed by atoms with E-state index in [0.717, 1.165) is 44.8 Å². The number of nitrogens with one attached hydrogen (secondary N) is 1. The van der Waals surface area contributed by atoms with Gasteiger partial charge in [-0.05, 0) is 44.4 Å². The van der Waals surface area contributed by atoms with Gasteiger partial charge in [-0.25, -0.2) is 0 Å². The molecule has 2 rings (SSSR count). The van der Waals surface area contributed by atoms with Gasteiger partial charge in [-0.1, -0.05) is 13.8 Å². The summed E-state index contributed by atoms with van der Waals surface area (Å²) in [6, 6.07) is 2.42. The molecule has 1 saturated heterocycles. The lowest BCUT2D eigenvalue weighted by molar-refractivity contribution is 0.0953. The van der Waals surface area contributed by atoms with Gasteiger partial charge in [-0.2, -0.15) is 0 Å². The summed E-state index contributed by atoms with van der Waals surface area (Å²) in [5, 5.41) is 3.67. The van der Waals surface area contributed by atoms with Gasteiger partial charge in [0.15, 0.2) is 0 Å². The van der Waals surface area contributed by atoms with E-state index in [2.05, 4.69) is 37.1 Å². The van der Waals surface area contributed by atoms with Crippen molar-refractivity contribution in [3.8, 4) is 5.75 Å². The lowest BCUT2D eigenvalue weighted by Gasteiger charge is -2.27. The van der Waals surface area contributed by atoms with Gasteiger partial charge < -0.3 is 14.8 Å². The monoisotopic (exact) mass is 292 g/mol. The Labute approximate surface area is 128 Å². The van der Waals surface area contributed by atoms with E-state index in [1.807, 2.05) is 6.20 Å². The fourth-order valence-electron chi connectivity index (χ4n) is 2.91. The number of hydrogen-bond acceptors (Lipinski definition) is 4. The summed E-state index contributed by atoms with van der Waals surface area (Å²) < 4.78 is 11.5. The average molecular weight is 292 g/mol. The maximum atomic E-state index is 5.75. The second-order valence-corrected chi connectivity index (χ2v) is 5.76. The standard InChI is InChI=1S/C17H28N2O2/c1-4-7-19-17(16-6-9-20-13(16)3)14-10-15(12-18-11-14)21-8-5-2/h10-13,16-17,19H,4-9H2,1-3H3. The van der Waals surface area contributed by atoms with Crippen LogP contribution in [0.2, 0.25) is 0 Å². The van der Waals surface area contributed by atoms with Crippen LogP contribution in [0.15, 0.2) is 18.5 Å². The predicted molar refractivity (Wildman–Crippen MR) is 84.6 cm³/mol. The highest BCUT2D eigenvalue weighted by Gasteiger charge is 2.32. The van der Waals surface area contributed by atoms with Gasteiger partial charge in [0.05, 0.1) is 18.9 Å². The molecular formula is C17H28N2O2. The summed E-state index contributed by atoms with van der Waals surface area (Å²) in [7, 11) is 0. The molecule has 1 fully saturated rings. The zero-order chi connectivity index (χ0) is 15.1. The molecule has 0 radical (unpaired) electrons. The van der Waals surface area contributed by atoms with Gasteiger partial charge in [0.1, 0.15) is 5.75 Å². The summed E-state index contributed by atoms with van der Waals surface area (Å²) in [5.41, 5.74) is 1.21. The van der Waals surface area contributed by atoms with E-state index < -0.39 is 0 Å². The largest absolute Gasteiger partial charge is 0.492 e. The van der Waals surface area contributed by atoms with E-state index in [1.165, 1.54) is 5.56 Å². The number of ether oxygens (including phenoxy) is 2. The molecule has 3 atom stereocenters. The predicted octanol–water partition coefficient (Wildman–Crippen LogP) is 3.34. The van der Waals surface area contributed by atoms with Crippen LogP contribution in [0.5, 0.6) is 5.75 Å². The molecule has 0 bridgehead atoms. The Morgan fingerprint density at radius 1 is 1.38 bits per heavy atom. The van der Waals surface area contributed by atoms with Crippen molar-refractivity contribution in [2.75, 3.05) is 19.8 Å². The first-order valence-electron chi connectivity index (χ1n) is 8.19. The van der Waals surface area contributed by atoms with Crippen molar-refractivity contribution in [3.63, 3.8) is 0 Å². The number of nitrogens with zero attached hydrogens (tertiary/aromatic N) is 1. The van der Waals surface area contributed by atoms with Gasteiger partial charge in [-0.15, -0.1) is 0 Å². The molecule has 1 aromatic rings. The van der Waals surface area contributed by atoms with E-state index in [1.54, 1.807) is 6.20 Å². The quantitative estimate of drug-likeness (QED) is 0.798. The lowest BCUT2D eigenvalue weighted by atomic mass is 9.89. The molecule has 118 valence electrons. The molecule has 1 N–H and O–H groups in total. The van der Waals surface area contributed by atoms with Crippen LogP contribution in [-0.2, 0) is 4.74 Å². The molecule has 0 spiro atoms. The maximum absolute atomic E-state index is 5.75. The van der Waals surface area contributed by atoms with Gasteiger partial charge in [-0.3, -0.25) is 4.98 Å². The second-order valence-electron chi connectivity index (χ2n) is 5.76. The highest BCUT2D eigenvalue weighted by atomic mass is 16.5. The average Bonchev–Trinajstić information content (AvgIpc) is 2.92. The van der Waals surface area contributed by atoms with Crippen LogP contribution in [0.4, 0.5) is 0 Å². The molecule has 0 saturated carbocycles. The Morgan fingerprint density at radius 2 is 2.24 bits per heavy atom. The van der Waals surface area contributed by atoms with E-state index in [4.69, 9.17) is 9.47 Å². The molecule has 1 aromatic heterocycles. The Morgan fingerprint density at radius 3 is 2.90 bits per heavy atom. The Kier molecular flexibility index (Phi) is 6.46. The minimum Gasteiger partial charge on any atom is -0.492 e. The molecule has 1 aliphatic heterocycles. The first-order chi connectivity index (χ1) is 10.3. The first-order valence-corrected chi connectivity index (χ1v) is 8.19. The molecule has 0 amide bonds. The third-order valence-electron chi connectivity index (χ3n) is 4.04. The van der Waals surface area contributed by atoms with Gasteiger partial charge >= 0.3 is 0 Å². The lowest BCUT2D eigenvalue weighted by Crippen LogP contribution is -2.32. The zero-order valence-corrected chi connectivity index (χ0v) is 13.5. The molecule has 4 heteroatoms. The Bertz CT molecular complexity index is 425. The van der Waals surface area contributed by atoms with E-state index in [-0.39, 0.29) is 0 Å². The topological polar surface area (TPSA) is 43.4 Å². The molecule has 3 unspecified atom stereocenters. The third kappa shape index (κ3) is 4.42. The first kappa shape index (κ1) is 16.2. The minimum absolute atomic E-state index is 0.291. The normalized spacial score (nSPS) is 23.2. The van der Waals surface area contributed by atoms with Crippen molar-refractivity contribution in [3.05, 3.63) is 24.0 Å². The molecule has 0 aromatic carbocycles. The van der Waals surface area contributed by atoms with Crippen molar-refractivity contribution in [2.45, 2.75) is 52.2 Å². The van der Waals surface area contributed by atoms with Crippen LogP contribution in [0.25, 0.3) is 0 Å². The van der Waals surface area contributed by atoms with E-state index >= 15 is 0 Å². The summed E-state index contributed by atoms with van der Waals surface area (Å²) >= 11 is 0. The molecule has 0 aliphatic carbocycles. The summed E-state index contributed by atoms with van der Waals surface area (Å²) in [4.78, 5) is 4.36. The van der Waals surface area contributed by atoms with Crippen molar-refractivity contribution >= 4 is 0 Å². The van der Waals surface area contributed by atoms with Gasteiger partial charge in [0.25, 0.3) is 0 Å². The van der Waals surface area contributed by atoms with Gasteiger partial charge in [0.2, 0.25) is 0 Å². The van der Waals surface area contributed by atoms with Crippen LogP contribution >= 0.6 is 0 Å². The SMILES string of the molecule is CCCNC(c1cncc(OCCC)c1)C1CCOC1C. The molecule has 1 aliphatic rings.